The molecule has 2 amide bonds. The van der Waals surface area contributed by atoms with Crippen LogP contribution in [-0.4, -0.2) is 65.9 Å². The zero-order chi connectivity index (χ0) is 17.8. The summed E-state index contributed by atoms with van der Waals surface area (Å²) in [7, 11) is 0. The number of amides is 2. The molecule has 0 radical (unpaired) electrons. The van der Waals surface area contributed by atoms with Crippen molar-refractivity contribution in [2.24, 2.45) is 5.92 Å². The van der Waals surface area contributed by atoms with Crippen molar-refractivity contribution < 1.29 is 14.0 Å². The van der Waals surface area contributed by atoms with E-state index in [0.29, 0.717) is 38.4 Å². The fourth-order valence-electron chi connectivity index (χ4n) is 3.70. The van der Waals surface area contributed by atoms with Crippen LogP contribution in [0.2, 0.25) is 0 Å². The lowest BCUT2D eigenvalue weighted by Gasteiger charge is -2.33. The predicted octanol–water partition coefficient (Wildman–Crippen LogP) is 1.52. The summed E-state index contributed by atoms with van der Waals surface area (Å²) >= 11 is 0. The molecule has 0 bridgehead atoms. The highest BCUT2D eigenvalue weighted by atomic mass is 19.1. The van der Waals surface area contributed by atoms with Crippen LogP contribution in [0.4, 0.5) is 10.1 Å². The first-order valence-corrected chi connectivity index (χ1v) is 8.95. The number of carbonyl (C=O) groups excluding carboxylic acids is 2. The van der Waals surface area contributed by atoms with E-state index in [2.05, 4.69) is 4.98 Å². The molecule has 0 N–H and O–H groups in total. The predicted molar refractivity (Wildman–Crippen MR) is 92.6 cm³/mol. The fourth-order valence-corrected chi connectivity index (χ4v) is 3.70. The fraction of sp³-hybridized carbons (Fsp3) is 0.611. The smallest absolute Gasteiger partial charge is 0.225 e. The van der Waals surface area contributed by atoms with Crippen LogP contribution in [-0.2, 0) is 9.59 Å². The highest BCUT2D eigenvalue weighted by Gasteiger charge is 2.30. The lowest BCUT2D eigenvalue weighted by Crippen LogP contribution is -2.44. The first kappa shape index (κ1) is 17.6. The minimum atomic E-state index is -0.320. The topological polar surface area (TPSA) is 56.8 Å². The number of anilines is 1. The maximum atomic E-state index is 13.9. The molecule has 2 saturated heterocycles. The first-order valence-electron chi connectivity index (χ1n) is 8.95. The van der Waals surface area contributed by atoms with Crippen LogP contribution < -0.4 is 4.90 Å². The third-order valence-electron chi connectivity index (χ3n) is 5.19. The SMILES string of the molecule is CC(=O)N1CCC(C(=O)N2CCCN(c3ccncc3F)CC2)CC1. The normalized spacial score (nSPS) is 19.7. The second-order valence-corrected chi connectivity index (χ2v) is 6.77. The Morgan fingerprint density at radius 1 is 1.08 bits per heavy atom. The van der Waals surface area contributed by atoms with Gasteiger partial charge >= 0.3 is 0 Å². The van der Waals surface area contributed by atoms with E-state index < -0.39 is 0 Å². The number of aromatic nitrogens is 1. The second-order valence-electron chi connectivity index (χ2n) is 6.77. The van der Waals surface area contributed by atoms with Crippen molar-refractivity contribution in [2.75, 3.05) is 44.2 Å². The van der Waals surface area contributed by atoms with Crippen molar-refractivity contribution in [3.05, 3.63) is 24.3 Å². The van der Waals surface area contributed by atoms with Gasteiger partial charge in [0.15, 0.2) is 5.82 Å². The quantitative estimate of drug-likeness (QED) is 0.813. The molecule has 0 aromatic carbocycles. The van der Waals surface area contributed by atoms with Gasteiger partial charge in [0, 0.05) is 58.3 Å². The van der Waals surface area contributed by atoms with Crippen LogP contribution in [0.3, 0.4) is 0 Å². The van der Waals surface area contributed by atoms with E-state index in [1.807, 2.05) is 9.80 Å². The van der Waals surface area contributed by atoms with E-state index in [1.165, 1.54) is 6.20 Å². The monoisotopic (exact) mass is 348 g/mol. The molecule has 1 aromatic heterocycles. The van der Waals surface area contributed by atoms with Crippen LogP contribution >= 0.6 is 0 Å². The van der Waals surface area contributed by atoms with Crippen LogP contribution in [0.1, 0.15) is 26.2 Å². The lowest BCUT2D eigenvalue weighted by molar-refractivity contribution is -0.139. The minimum Gasteiger partial charge on any atom is -0.367 e. The molecular formula is C18H25FN4O2. The summed E-state index contributed by atoms with van der Waals surface area (Å²) in [6.07, 6.45) is 5.11. The summed E-state index contributed by atoms with van der Waals surface area (Å²) in [5.74, 6) is -0.0605. The number of likely N-dealkylation sites (tertiary alicyclic amines) is 1. The number of rotatable bonds is 2. The molecule has 3 heterocycles. The molecule has 1 aromatic rings. The summed E-state index contributed by atoms with van der Waals surface area (Å²) in [6, 6.07) is 1.68. The van der Waals surface area contributed by atoms with Crippen molar-refractivity contribution in [1.29, 1.82) is 0 Å². The van der Waals surface area contributed by atoms with Gasteiger partial charge in [0.05, 0.1) is 11.9 Å². The number of piperidine rings is 1. The zero-order valence-corrected chi connectivity index (χ0v) is 14.7. The van der Waals surface area contributed by atoms with E-state index in [0.717, 1.165) is 25.8 Å². The summed E-state index contributed by atoms with van der Waals surface area (Å²) in [5, 5.41) is 0. The molecule has 0 unspecified atom stereocenters. The molecule has 0 aliphatic carbocycles. The van der Waals surface area contributed by atoms with E-state index in [1.54, 1.807) is 24.1 Å². The van der Waals surface area contributed by atoms with Gasteiger partial charge in [-0.25, -0.2) is 4.39 Å². The Kier molecular flexibility index (Phi) is 5.50. The molecule has 6 nitrogen and oxygen atoms in total. The van der Waals surface area contributed by atoms with Gasteiger partial charge < -0.3 is 14.7 Å². The molecule has 0 spiro atoms. The Labute approximate surface area is 147 Å². The highest BCUT2D eigenvalue weighted by molar-refractivity contribution is 5.80. The van der Waals surface area contributed by atoms with Gasteiger partial charge in [-0.05, 0) is 25.3 Å². The Morgan fingerprint density at radius 3 is 2.52 bits per heavy atom. The number of carbonyl (C=O) groups is 2. The summed E-state index contributed by atoms with van der Waals surface area (Å²) in [6.45, 7) is 5.56. The van der Waals surface area contributed by atoms with Crippen molar-refractivity contribution in [1.82, 2.24) is 14.8 Å². The van der Waals surface area contributed by atoms with Gasteiger partial charge in [0.1, 0.15) is 0 Å². The molecule has 136 valence electrons. The summed E-state index contributed by atoms with van der Waals surface area (Å²) in [5.41, 5.74) is 0.555. The largest absolute Gasteiger partial charge is 0.367 e. The van der Waals surface area contributed by atoms with Gasteiger partial charge in [-0.2, -0.15) is 0 Å². The Hall–Kier alpha value is -2.18. The maximum Gasteiger partial charge on any atom is 0.225 e. The third-order valence-corrected chi connectivity index (χ3v) is 5.19. The zero-order valence-electron chi connectivity index (χ0n) is 14.7. The standard InChI is InChI=1S/C18H25FN4O2/c1-14(24)21-9-4-15(5-10-21)18(25)23-8-2-7-22(11-12-23)17-3-6-20-13-16(17)19/h3,6,13,15H,2,4-5,7-12H2,1H3. The molecule has 3 rings (SSSR count). The first-order chi connectivity index (χ1) is 12.1. The molecule has 25 heavy (non-hydrogen) atoms. The molecule has 0 saturated carbocycles. The molecule has 2 fully saturated rings. The van der Waals surface area contributed by atoms with Crippen molar-refractivity contribution in [3.8, 4) is 0 Å². The molecular weight excluding hydrogens is 323 g/mol. The van der Waals surface area contributed by atoms with Crippen LogP contribution in [0.15, 0.2) is 18.5 Å². The average molecular weight is 348 g/mol. The van der Waals surface area contributed by atoms with Crippen LogP contribution in [0, 0.1) is 11.7 Å². The van der Waals surface area contributed by atoms with Gasteiger partial charge in [-0.15, -0.1) is 0 Å². The van der Waals surface area contributed by atoms with Gasteiger partial charge in [0.2, 0.25) is 11.8 Å². The van der Waals surface area contributed by atoms with Crippen molar-refractivity contribution >= 4 is 17.5 Å². The second kappa shape index (κ2) is 7.80. The van der Waals surface area contributed by atoms with Gasteiger partial charge in [0.25, 0.3) is 0 Å². The Bertz CT molecular complexity index is 631. The third kappa shape index (κ3) is 4.08. The summed E-state index contributed by atoms with van der Waals surface area (Å²) < 4.78 is 13.9. The number of halogens is 1. The Morgan fingerprint density at radius 2 is 1.84 bits per heavy atom. The molecule has 2 aliphatic rings. The average Bonchev–Trinajstić information content (AvgIpc) is 2.87. The van der Waals surface area contributed by atoms with E-state index in [9.17, 15) is 14.0 Å². The number of nitrogens with zero attached hydrogens (tertiary/aromatic N) is 4. The number of hydrogen-bond donors (Lipinski definition) is 0. The van der Waals surface area contributed by atoms with Crippen LogP contribution in [0.5, 0.6) is 0 Å². The van der Waals surface area contributed by atoms with Gasteiger partial charge in [-0.3, -0.25) is 14.6 Å². The summed E-state index contributed by atoms with van der Waals surface area (Å²) in [4.78, 5) is 33.7. The van der Waals surface area contributed by atoms with Crippen molar-refractivity contribution in [3.63, 3.8) is 0 Å². The van der Waals surface area contributed by atoms with E-state index >= 15 is 0 Å². The van der Waals surface area contributed by atoms with Crippen molar-refractivity contribution in [2.45, 2.75) is 26.2 Å². The number of pyridine rings is 1. The minimum absolute atomic E-state index is 0.000175. The maximum absolute atomic E-state index is 13.9. The van der Waals surface area contributed by atoms with Gasteiger partial charge in [-0.1, -0.05) is 0 Å². The lowest BCUT2D eigenvalue weighted by atomic mass is 9.95. The van der Waals surface area contributed by atoms with Crippen LogP contribution in [0.25, 0.3) is 0 Å². The number of hydrogen-bond acceptors (Lipinski definition) is 4. The highest BCUT2D eigenvalue weighted by Crippen LogP contribution is 2.23. The molecule has 2 aliphatic heterocycles. The van der Waals surface area contributed by atoms with E-state index in [-0.39, 0.29) is 23.5 Å². The molecule has 7 heteroatoms. The van der Waals surface area contributed by atoms with E-state index in [4.69, 9.17) is 0 Å². The molecule has 0 atom stereocenters. The Balaban J connectivity index is 1.57.